The summed E-state index contributed by atoms with van der Waals surface area (Å²) in [4.78, 5) is 11.7. The third-order valence-electron chi connectivity index (χ3n) is 2.52. The molecule has 0 aliphatic heterocycles. The van der Waals surface area contributed by atoms with Crippen LogP contribution in [0.3, 0.4) is 0 Å². The molecule has 0 fully saturated rings. The highest BCUT2D eigenvalue weighted by molar-refractivity contribution is 9.10. The molecule has 0 atom stereocenters. The number of carbonyl (C=O) groups excluding carboxylic acids is 1. The molecule has 2 aromatic rings. The smallest absolute Gasteiger partial charge is 0.254 e. The molecule has 0 heterocycles. The number of halogens is 3. The van der Waals surface area contributed by atoms with Gasteiger partial charge in [-0.3, -0.25) is 4.79 Å². The number of amides is 1. The lowest BCUT2D eigenvalue weighted by Crippen LogP contribution is -2.24. The minimum absolute atomic E-state index is 0.244. The van der Waals surface area contributed by atoms with Crippen LogP contribution in [0, 0.1) is 11.6 Å². The van der Waals surface area contributed by atoms with Crippen molar-refractivity contribution in [2.24, 2.45) is 0 Å². The second kappa shape index (κ2) is 5.93. The first-order chi connectivity index (χ1) is 9.06. The summed E-state index contributed by atoms with van der Waals surface area (Å²) in [6.07, 6.45) is 0. The molecule has 1 N–H and O–H groups in total. The van der Waals surface area contributed by atoms with Crippen molar-refractivity contribution in [3.63, 3.8) is 0 Å². The molecule has 5 heteroatoms. The molecule has 0 unspecified atom stereocenters. The molecule has 0 aliphatic carbocycles. The van der Waals surface area contributed by atoms with Crippen molar-refractivity contribution >= 4 is 21.8 Å². The second-order valence-corrected chi connectivity index (χ2v) is 4.85. The first-order valence-corrected chi connectivity index (χ1v) is 6.33. The van der Waals surface area contributed by atoms with Gasteiger partial charge in [-0.05, 0) is 35.9 Å². The largest absolute Gasteiger partial charge is 0.348 e. The Morgan fingerprint density at radius 2 is 1.95 bits per heavy atom. The van der Waals surface area contributed by atoms with Crippen LogP contribution in [0.25, 0.3) is 0 Å². The predicted molar refractivity (Wildman–Crippen MR) is 71.7 cm³/mol. The Balaban J connectivity index is 2.07. The van der Waals surface area contributed by atoms with E-state index in [0.29, 0.717) is 0 Å². The van der Waals surface area contributed by atoms with Crippen LogP contribution in [0.2, 0.25) is 0 Å². The SMILES string of the molecule is O=C(NCc1cccc(Br)c1)c1cc(F)ccc1F. The number of nitrogens with one attached hydrogen (secondary N) is 1. The molecule has 0 aliphatic rings. The van der Waals surface area contributed by atoms with Crippen molar-refractivity contribution in [3.05, 3.63) is 69.7 Å². The average Bonchev–Trinajstić information content (AvgIpc) is 2.39. The summed E-state index contributed by atoms with van der Waals surface area (Å²) >= 11 is 3.31. The van der Waals surface area contributed by atoms with E-state index in [4.69, 9.17) is 0 Å². The molecule has 1 amide bonds. The fourth-order valence-electron chi connectivity index (χ4n) is 1.60. The highest BCUT2D eigenvalue weighted by atomic mass is 79.9. The normalized spacial score (nSPS) is 10.3. The van der Waals surface area contributed by atoms with Gasteiger partial charge in [0.2, 0.25) is 0 Å². The number of rotatable bonds is 3. The summed E-state index contributed by atoms with van der Waals surface area (Å²) < 4.78 is 27.2. The topological polar surface area (TPSA) is 29.1 Å². The van der Waals surface area contributed by atoms with Gasteiger partial charge in [-0.25, -0.2) is 8.78 Å². The first-order valence-electron chi connectivity index (χ1n) is 5.54. The fourth-order valence-corrected chi connectivity index (χ4v) is 2.04. The van der Waals surface area contributed by atoms with Gasteiger partial charge in [-0.15, -0.1) is 0 Å². The molecule has 19 heavy (non-hydrogen) atoms. The third-order valence-corrected chi connectivity index (χ3v) is 3.01. The van der Waals surface area contributed by atoms with Crippen molar-refractivity contribution in [1.29, 1.82) is 0 Å². The van der Waals surface area contributed by atoms with E-state index in [-0.39, 0.29) is 12.1 Å². The molecule has 0 bridgehead atoms. The quantitative estimate of drug-likeness (QED) is 0.916. The molecule has 0 spiro atoms. The van der Waals surface area contributed by atoms with E-state index in [1.165, 1.54) is 0 Å². The number of benzene rings is 2. The van der Waals surface area contributed by atoms with Gasteiger partial charge in [-0.1, -0.05) is 28.1 Å². The molecule has 2 rings (SSSR count). The van der Waals surface area contributed by atoms with Crippen molar-refractivity contribution in [3.8, 4) is 0 Å². The van der Waals surface area contributed by atoms with E-state index < -0.39 is 17.5 Å². The van der Waals surface area contributed by atoms with E-state index in [0.717, 1.165) is 28.2 Å². The monoisotopic (exact) mass is 325 g/mol. The van der Waals surface area contributed by atoms with Gasteiger partial charge in [-0.2, -0.15) is 0 Å². The van der Waals surface area contributed by atoms with Crippen LogP contribution in [0.4, 0.5) is 8.78 Å². The van der Waals surface area contributed by atoms with Crippen LogP contribution < -0.4 is 5.32 Å². The number of hydrogen-bond donors (Lipinski definition) is 1. The maximum absolute atomic E-state index is 13.4. The lowest BCUT2D eigenvalue weighted by atomic mass is 10.1. The zero-order chi connectivity index (χ0) is 13.8. The molecule has 0 saturated carbocycles. The van der Waals surface area contributed by atoms with Gasteiger partial charge >= 0.3 is 0 Å². The molecule has 0 radical (unpaired) electrons. The number of carbonyl (C=O) groups is 1. The Morgan fingerprint density at radius 3 is 2.68 bits per heavy atom. The summed E-state index contributed by atoms with van der Waals surface area (Å²) in [6.45, 7) is 0.244. The standard InChI is InChI=1S/C14H10BrF2NO/c15-10-3-1-2-9(6-10)8-18-14(19)12-7-11(16)4-5-13(12)17/h1-7H,8H2,(H,18,19). The third kappa shape index (κ3) is 3.61. The van der Waals surface area contributed by atoms with E-state index in [2.05, 4.69) is 21.2 Å². The summed E-state index contributed by atoms with van der Waals surface area (Å²) in [7, 11) is 0. The molecule has 0 aromatic heterocycles. The van der Waals surface area contributed by atoms with E-state index in [1.807, 2.05) is 24.3 Å². The van der Waals surface area contributed by atoms with Crippen LogP contribution in [0.15, 0.2) is 46.9 Å². The summed E-state index contributed by atoms with van der Waals surface area (Å²) in [5, 5.41) is 2.54. The van der Waals surface area contributed by atoms with Gasteiger partial charge in [0.05, 0.1) is 5.56 Å². The summed E-state index contributed by atoms with van der Waals surface area (Å²) in [6, 6.07) is 10.1. The zero-order valence-corrected chi connectivity index (χ0v) is 11.4. The van der Waals surface area contributed by atoms with Gasteiger partial charge < -0.3 is 5.32 Å². The maximum Gasteiger partial charge on any atom is 0.254 e. The summed E-state index contributed by atoms with van der Waals surface area (Å²) in [5.41, 5.74) is 0.564. The van der Waals surface area contributed by atoms with Crippen LogP contribution in [0.1, 0.15) is 15.9 Å². The Morgan fingerprint density at radius 1 is 1.16 bits per heavy atom. The zero-order valence-electron chi connectivity index (χ0n) is 9.79. The minimum Gasteiger partial charge on any atom is -0.348 e. The van der Waals surface area contributed by atoms with Crippen molar-refractivity contribution in [2.45, 2.75) is 6.54 Å². The maximum atomic E-state index is 13.4. The number of hydrogen-bond acceptors (Lipinski definition) is 1. The Labute approximate surface area is 117 Å². The lowest BCUT2D eigenvalue weighted by molar-refractivity contribution is 0.0946. The van der Waals surface area contributed by atoms with E-state index in [9.17, 15) is 13.6 Å². The fraction of sp³-hybridized carbons (Fsp3) is 0.0714. The van der Waals surface area contributed by atoms with Crippen molar-refractivity contribution < 1.29 is 13.6 Å². The molecule has 2 nitrogen and oxygen atoms in total. The highest BCUT2D eigenvalue weighted by Crippen LogP contribution is 2.12. The van der Waals surface area contributed by atoms with Gasteiger partial charge in [0.1, 0.15) is 11.6 Å². The second-order valence-electron chi connectivity index (χ2n) is 3.94. The van der Waals surface area contributed by atoms with Crippen molar-refractivity contribution in [2.75, 3.05) is 0 Å². The van der Waals surface area contributed by atoms with Gasteiger partial charge in [0, 0.05) is 11.0 Å². The molecule has 2 aromatic carbocycles. The Hall–Kier alpha value is -1.75. The molecule has 98 valence electrons. The molecule has 0 saturated heterocycles. The van der Waals surface area contributed by atoms with Crippen molar-refractivity contribution in [1.82, 2.24) is 5.32 Å². The Bertz CT molecular complexity index is 616. The van der Waals surface area contributed by atoms with Crippen LogP contribution in [0.5, 0.6) is 0 Å². The average molecular weight is 326 g/mol. The Kier molecular flexibility index (Phi) is 4.27. The van der Waals surface area contributed by atoms with Crippen LogP contribution in [-0.4, -0.2) is 5.91 Å². The van der Waals surface area contributed by atoms with Crippen LogP contribution >= 0.6 is 15.9 Å². The van der Waals surface area contributed by atoms with E-state index >= 15 is 0 Å². The molecular weight excluding hydrogens is 316 g/mol. The van der Waals surface area contributed by atoms with Gasteiger partial charge in [0.15, 0.2) is 0 Å². The van der Waals surface area contributed by atoms with E-state index in [1.54, 1.807) is 0 Å². The lowest BCUT2D eigenvalue weighted by Gasteiger charge is -2.06. The summed E-state index contributed by atoms with van der Waals surface area (Å²) in [5.74, 6) is -2.03. The first kappa shape index (κ1) is 13.7. The minimum atomic E-state index is -0.742. The molecular formula is C14H10BrF2NO. The predicted octanol–water partition coefficient (Wildman–Crippen LogP) is 3.66. The highest BCUT2D eigenvalue weighted by Gasteiger charge is 2.12. The van der Waals surface area contributed by atoms with Crippen LogP contribution in [-0.2, 0) is 6.54 Å². The van der Waals surface area contributed by atoms with Gasteiger partial charge in [0.25, 0.3) is 5.91 Å².